The summed E-state index contributed by atoms with van der Waals surface area (Å²) in [5.74, 6) is -0.863. The second-order valence-corrected chi connectivity index (χ2v) is 9.00. The van der Waals surface area contributed by atoms with E-state index in [2.05, 4.69) is 10.3 Å². The first kappa shape index (κ1) is 19.1. The van der Waals surface area contributed by atoms with Gasteiger partial charge in [0, 0.05) is 5.56 Å². The molecule has 27 heavy (non-hydrogen) atoms. The highest BCUT2D eigenvalue weighted by atomic mass is 32.2. The summed E-state index contributed by atoms with van der Waals surface area (Å²) in [5.41, 5.74) is -0.129. The zero-order valence-corrected chi connectivity index (χ0v) is 15.8. The average molecular weight is 392 g/mol. The Bertz CT molecular complexity index is 967. The quantitative estimate of drug-likeness (QED) is 0.767. The van der Waals surface area contributed by atoms with Crippen LogP contribution in [0.3, 0.4) is 0 Å². The number of oxazole rings is 1. The molecule has 2 heterocycles. The van der Waals surface area contributed by atoms with Crippen LogP contribution in [-0.2, 0) is 19.4 Å². The minimum absolute atomic E-state index is 0.00342. The molecule has 1 saturated heterocycles. The van der Waals surface area contributed by atoms with Gasteiger partial charge < -0.3 is 14.5 Å². The standard InChI is InChI=1S/C18H20N2O6S/c1-12-15(19-16(26-12)13-6-4-3-5-7-13)17(22)25-10-14(21)20-18(2)8-9-27(23,24)11-18/h3-7H,8-11H2,1-2H3,(H,20,21)/t18-/m1/s1. The smallest absolute Gasteiger partial charge is 0.361 e. The number of carbonyl (C=O) groups is 2. The molecular formula is C18H20N2O6S. The molecule has 144 valence electrons. The number of nitrogens with one attached hydrogen (secondary N) is 1. The van der Waals surface area contributed by atoms with E-state index in [4.69, 9.17) is 9.15 Å². The molecule has 1 aliphatic heterocycles. The van der Waals surface area contributed by atoms with Crippen molar-refractivity contribution in [1.82, 2.24) is 10.3 Å². The van der Waals surface area contributed by atoms with Crippen molar-refractivity contribution in [2.75, 3.05) is 18.1 Å². The highest BCUT2D eigenvalue weighted by molar-refractivity contribution is 7.91. The zero-order valence-electron chi connectivity index (χ0n) is 15.0. The molecule has 8 nitrogen and oxygen atoms in total. The molecule has 1 N–H and O–H groups in total. The SMILES string of the molecule is Cc1oc(-c2ccccc2)nc1C(=O)OCC(=O)N[C@]1(C)CCS(=O)(=O)C1. The van der Waals surface area contributed by atoms with Gasteiger partial charge in [0.2, 0.25) is 5.89 Å². The number of aryl methyl sites for hydroxylation is 1. The van der Waals surface area contributed by atoms with Crippen LogP contribution in [0.5, 0.6) is 0 Å². The number of esters is 1. The Morgan fingerprint density at radius 1 is 1.30 bits per heavy atom. The molecule has 0 radical (unpaired) electrons. The predicted molar refractivity (Wildman–Crippen MR) is 96.8 cm³/mol. The molecule has 1 atom stereocenters. The van der Waals surface area contributed by atoms with Crippen LogP contribution >= 0.6 is 0 Å². The summed E-state index contributed by atoms with van der Waals surface area (Å²) in [6.45, 7) is 2.72. The number of amides is 1. The van der Waals surface area contributed by atoms with Gasteiger partial charge in [0.15, 0.2) is 22.1 Å². The van der Waals surface area contributed by atoms with Crippen molar-refractivity contribution in [2.24, 2.45) is 0 Å². The lowest BCUT2D eigenvalue weighted by molar-refractivity contribution is -0.125. The number of rotatable bonds is 5. The molecule has 0 saturated carbocycles. The van der Waals surface area contributed by atoms with Crippen LogP contribution in [0.1, 0.15) is 29.6 Å². The molecule has 1 aromatic heterocycles. The van der Waals surface area contributed by atoms with E-state index in [1.807, 2.05) is 18.2 Å². The summed E-state index contributed by atoms with van der Waals surface area (Å²) < 4.78 is 33.7. The van der Waals surface area contributed by atoms with Gasteiger partial charge in [0.25, 0.3) is 5.91 Å². The Balaban J connectivity index is 1.60. The van der Waals surface area contributed by atoms with Crippen molar-refractivity contribution in [2.45, 2.75) is 25.8 Å². The molecule has 9 heteroatoms. The lowest BCUT2D eigenvalue weighted by atomic mass is 10.0. The van der Waals surface area contributed by atoms with Gasteiger partial charge in [-0.15, -0.1) is 0 Å². The van der Waals surface area contributed by atoms with Gasteiger partial charge in [0.05, 0.1) is 17.0 Å². The normalized spacial score (nSPS) is 21.0. The minimum atomic E-state index is -3.15. The first-order valence-corrected chi connectivity index (χ1v) is 10.2. The maximum atomic E-state index is 12.2. The van der Waals surface area contributed by atoms with E-state index in [0.29, 0.717) is 12.0 Å². The topological polar surface area (TPSA) is 116 Å². The van der Waals surface area contributed by atoms with Crippen LogP contribution in [0.2, 0.25) is 0 Å². The number of hydrogen-bond acceptors (Lipinski definition) is 7. The fourth-order valence-electron chi connectivity index (χ4n) is 2.97. The Labute approximate surface area is 156 Å². The third kappa shape index (κ3) is 4.54. The van der Waals surface area contributed by atoms with Gasteiger partial charge in [0.1, 0.15) is 5.76 Å². The molecule has 0 spiro atoms. The van der Waals surface area contributed by atoms with Crippen molar-refractivity contribution in [1.29, 1.82) is 0 Å². The number of aromatic nitrogens is 1. The van der Waals surface area contributed by atoms with Gasteiger partial charge in [-0.05, 0) is 32.4 Å². The molecule has 0 bridgehead atoms. The number of nitrogens with zero attached hydrogens (tertiary/aromatic N) is 1. The highest BCUT2D eigenvalue weighted by Gasteiger charge is 2.39. The Morgan fingerprint density at radius 2 is 2.00 bits per heavy atom. The van der Waals surface area contributed by atoms with Gasteiger partial charge in [-0.2, -0.15) is 0 Å². The summed E-state index contributed by atoms with van der Waals surface area (Å²) >= 11 is 0. The van der Waals surface area contributed by atoms with Crippen molar-refractivity contribution in [3.8, 4) is 11.5 Å². The zero-order chi connectivity index (χ0) is 19.7. The lowest BCUT2D eigenvalue weighted by Crippen LogP contribution is -2.48. The van der Waals surface area contributed by atoms with Gasteiger partial charge in [-0.3, -0.25) is 4.79 Å². The Hall–Kier alpha value is -2.68. The predicted octanol–water partition coefficient (Wildman–Crippen LogP) is 1.50. The monoisotopic (exact) mass is 392 g/mol. The van der Waals surface area contributed by atoms with E-state index in [1.54, 1.807) is 26.0 Å². The average Bonchev–Trinajstić information content (AvgIpc) is 3.12. The van der Waals surface area contributed by atoms with Gasteiger partial charge in [-0.25, -0.2) is 18.2 Å². The number of ether oxygens (including phenoxy) is 1. The molecular weight excluding hydrogens is 372 g/mol. The molecule has 1 aliphatic rings. The van der Waals surface area contributed by atoms with E-state index in [1.165, 1.54) is 0 Å². The van der Waals surface area contributed by atoms with Crippen LogP contribution in [-0.4, -0.2) is 48.9 Å². The van der Waals surface area contributed by atoms with Crippen molar-refractivity contribution in [3.63, 3.8) is 0 Å². The van der Waals surface area contributed by atoms with Crippen LogP contribution in [0.15, 0.2) is 34.7 Å². The Kier molecular flexibility index (Phi) is 5.05. The number of sulfone groups is 1. The molecule has 2 aromatic rings. The van der Waals surface area contributed by atoms with Crippen LogP contribution in [0.4, 0.5) is 0 Å². The second-order valence-electron chi connectivity index (χ2n) is 6.82. The third-order valence-electron chi connectivity index (χ3n) is 4.29. The third-order valence-corrected chi connectivity index (χ3v) is 6.19. The summed E-state index contributed by atoms with van der Waals surface area (Å²) in [7, 11) is -3.15. The Morgan fingerprint density at radius 3 is 2.63 bits per heavy atom. The molecule has 3 rings (SSSR count). The fourth-order valence-corrected chi connectivity index (χ4v) is 5.06. The van der Waals surface area contributed by atoms with Gasteiger partial charge >= 0.3 is 5.97 Å². The summed E-state index contributed by atoms with van der Waals surface area (Å²) in [6.07, 6.45) is 0.331. The first-order chi connectivity index (χ1) is 12.7. The van der Waals surface area contributed by atoms with E-state index >= 15 is 0 Å². The molecule has 0 unspecified atom stereocenters. The van der Waals surface area contributed by atoms with E-state index < -0.39 is 33.9 Å². The fraction of sp³-hybridized carbons (Fsp3) is 0.389. The summed E-state index contributed by atoms with van der Waals surface area (Å²) in [5, 5.41) is 2.62. The molecule has 1 amide bonds. The summed E-state index contributed by atoms with van der Waals surface area (Å²) in [4.78, 5) is 28.4. The van der Waals surface area contributed by atoms with Crippen molar-refractivity contribution >= 4 is 21.7 Å². The number of benzene rings is 1. The first-order valence-electron chi connectivity index (χ1n) is 8.39. The summed E-state index contributed by atoms with van der Waals surface area (Å²) in [6, 6.07) is 9.08. The van der Waals surface area contributed by atoms with Gasteiger partial charge in [-0.1, -0.05) is 18.2 Å². The maximum Gasteiger partial charge on any atom is 0.361 e. The maximum absolute atomic E-state index is 12.2. The molecule has 0 aliphatic carbocycles. The van der Waals surface area contributed by atoms with E-state index in [0.717, 1.165) is 0 Å². The van der Waals surface area contributed by atoms with Crippen molar-refractivity contribution in [3.05, 3.63) is 41.8 Å². The van der Waals surface area contributed by atoms with Crippen LogP contribution < -0.4 is 5.32 Å². The number of carbonyl (C=O) groups excluding carboxylic acids is 2. The lowest BCUT2D eigenvalue weighted by Gasteiger charge is -2.23. The number of hydrogen-bond donors (Lipinski definition) is 1. The van der Waals surface area contributed by atoms with Crippen molar-refractivity contribution < 1.29 is 27.2 Å². The molecule has 1 aromatic carbocycles. The highest BCUT2D eigenvalue weighted by Crippen LogP contribution is 2.23. The molecule has 1 fully saturated rings. The van der Waals surface area contributed by atoms with E-state index in [9.17, 15) is 18.0 Å². The second kappa shape index (κ2) is 7.15. The largest absolute Gasteiger partial charge is 0.451 e. The van der Waals surface area contributed by atoms with E-state index in [-0.39, 0.29) is 28.9 Å². The van der Waals surface area contributed by atoms with Crippen LogP contribution in [0.25, 0.3) is 11.5 Å². The van der Waals surface area contributed by atoms with Crippen LogP contribution in [0, 0.1) is 6.92 Å². The minimum Gasteiger partial charge on any atom is -0.451 e.